The van der Waals surface area contributed by atoms with Crippen molar-refractivity contribution in [3.05, 3.63) is 77.7 Å². The van der Waals surface area contributed by atoms with E-state index in [0.717, 1.165) is 6.54 Å². The molecule has 1 aliphatic heterocycles. The van der Waals surface area contributed by atoms with Gasteiger partial charge < -0.3 is 10.2 Å². The average Bonchev–Trinajstić information content (AvgIpc) is 3.21. The van der Waals surface area contributed by atoms with E-state index in [0.29, 0.717) is 17.9 Å². The van der Waals surface area contributed by atoms with Crippen LogP contribution < -0.4 is 10.2 Å². The van der Waals surface area contributed by atoms with Crippen LogP contribution in [0, 0.1) is 0 Å². The number of fused-ring (bicyclic) bond motifs is 1. The van der Waals surface area contributed by atoms with Crippen LogP contribution in [0.1, 0.15) is 27.5 Å². The Morgan fingerprint density at radius 2 is 2.04 bits per heavy atom. The zero-order valence-corrected chi connectivity index (χ0v) is 14.0. The van der Waals surface area contributed by atoms with Gasteiger partial charge in [-0.1, -0.05) is 24.3 Å². The minimum atomic E-state index is -0.127. The Hall–Kier alpha value is -3.15. The minimum Gasteiger partial charge on any atom is -0.355 e. The molecule has 1 amide bonds. The van der Waals surface area contributed by atoms with E-state index in [1.807, 2.05) is 29.1 Å². The lowest BCUT2D eigenvalue weighted by Gasteiger charge is -2.36. The van der Waals surface area contributed by atoms with Crippen LogP contribution in [0.2, 0.25) is 0 Å². The fourth-order valence-corrected chi connectivity index (χ4v) is 3.39. The van der Waals surface area contributed by atoms with E-state index < -0.39 is 0 Å². The van der Waals surface area contributed by atoms with E-state index in [-0.39, 0.29) is 11.9 Å². The number of carbonyl (C=O) groups excluding carboxylic acids is 1. The van der Waals surface area contributed by atoms with Crippen molar-refractivity contribution in [1.82, 2.24) is 20.1 Å². The molecular weight excluding hydrogens is 314 g/mol. The molecule has 0 spiro atoms. The van der Waals surface area contributed by atoms with Gasteiger partial charge >= 0.3 is 0 Å². The first-order valence-corrected chi connectivity index (χ1v) is 8.27. The molecule has 3 aromatic rings. The van der Waals surface area contributed by atoms with Crippen LogP contribution in [0.3, 0.4) is 0 Å². The molecule has 6 heteroatoms. The monoisotopic (exact) mass is 333 g/mol. The fourth-order valence-electron chi connectivity index (χ4n) is 3.39. The third-order valence-electron chi connectivity index (χ3n) is 4.57. The highest BCUT2D eigenvalue weighted by Gasteiger charge is 2.29. The van der Waals surface area contributed by atoms with Gasteiger partial charge in [0.15, 0.2) is 0 Å². The molecule has 0 saturated carbocycles. The first kappa shape index (κ1) is 15.4. The summed E-state index contributed by atoms with van der Waals surface area (Å²) in [5.41, 5.74) is 3.08. The molecule has 0 bridgehead atoms. The topological polar surface area (TPSA) is 63.1 Å². The Bertz CT molecular complexity index is 890. The molecular formula is C19H19N5O. The Balaban J connectivity index is 1.78. The number of rotatable bonds is 3. The van der Waals surface area contributed by atoms with Crippen molar-refractivity contribution in [3.63, 3.8) is 0 Å². The molecule has 0 radical (unpaired) electrons. The van der Waals surface area contributed by atoms with Crippen molar-refractivity contribution in [2.45, 2.75) is 12.6 Å². The molecule has 1 aromatic carbocycles. The van der Waals surface area contributed by atoms with Gasteiger partial charge in [0.1, 0.15) is 5.82 Å². The van der Waals surface area contributed by atoms with Crippen LogP contribution in [0.5, 0.6) is 0 Å². The summed E-state index contributed by atoms with van der Waals surface area (Å²) in [5, 5.41) is 7.13. The molecule has 4 rings (SSSR count). The normalized spacial score (nSPS) is 16.4. The Labute approximate surface area is 146 Å². The molecule has 25 heavy (non-hydrogen) atoms. The number of amides is 1. The molecule has 0 saturated heterocycles. The minimum absolute atomic E-state index is 0.0829. The average molecular weight is 333 g/mol. The molecule has 6 nitrogen and oxygen atoms in total. The van der Waals surface area contributed by atoms with E-state index >= 15 is 0 Å². The second kappa shape index (κ2) is 6.39. The van der Waals surface area contributed by atoms with Gasteiger partial charge in [-0.2, -0.15) is 5.10 Å². The number of carbonyl (C=O) groups is 1. The maximum Gasteiger partial charge on any atom is 0.254 e. The fraction of sp³-hybridized carbons (Fsp3) is 0.211. The molecule has 1 N–H and O–H groups in total. The van der Waals surface area contributed by atoms with Crippen LogP contribution in [0.4, 0.5) is 5.82 Å². The smallest absolute Gasteiger partial charge is 0.254 e. The number of hydrogen-bond acceptors (Lipinski definition) is 4. The zero-order chi connectivity index (χ0) is 17.2. The Morgan fingerprint density at radius 3 is 2.84 bits per heavy atom. The van der Waals surface area contributed by atoms with Gasteiger partial charge in [0.25, 0.3) is 5.91 Å². The summed E-state index contributed by atoms with van der Waals surface area (Å²) in [4.78, 5) is 18.9. The van der Waals surface area contributed by atoms with E-state index in [1.54, 1.807) is 25.5 Å². The molecule has 126 valence electrons. The first-order valence-electron chi connectivity index (χ1n) is 8.27. The maximum absolute atomic E-state index is 12.2. The van der Waals surface area contributed by atoms with Crippen molar-refractivity contribution in [2.24, 2.45) is 0 Å². The van der Waals surface area contributed by atoms with E-state index in [2.05, 4.69) is 38.5 Å². The van der Waals surface area contributed by atoms with Crippen LogP contribution >= 0.6 is 0 Å². The number of aromatic nitrogens is 3. The standard InChI is InChI=1S/C19H19N5O/c1-20-19(25)16-8-4-9-21-18(16)23-12-14-6-2-3-7-15(14)17(13-23)24-11-5-10-22-24/h2-11,17H,12-13H2,1H3,(H,20,25)/t17-/m1/s1. The van der Waals surface area contributed by atoms with Crippen LogP contribution in [0.25, 0.3) is 0 Å². The number of pyridine rings is 1. The second-order valence-corrected chi connectivity index (χ2v) is 6.03. The molecule has 0 fully saturated rings. The van der Waals surface area contributed by atoms with Gasteiger partial charge in [0.2, 0.25) is 0 Å². The quantitative estimate of drug-likeness (QED) is 0.798. The van der Waals surface area contributed by atoms with E-state index in [1.165, 1.54) is 11.1 Å². The summed E-state index contributed by atoms with van der Waals surface area (Å²) in [5.74, 6) is 0.575. The lowest BCUT2D eigenvalue weighted by atomic mass is 9.95. The number of nitrogens with one attached hydrogen (secondary N) is 1. The van der Waals surface area contributed by atoms with Crippen molar-refractivity contribution in [3.8, 4) is 0 Å². The summed E-state index contributed by atoms with van der Waals surface area (Å²) >= 11 is 0. The molecule has 1 atom stereocenters. The second-order valence-electron chi connectivity index (χ2n) is 6.03. The predicted molar refractivity (Wildman–Crippen MR) is 95.5 cm³/mol. The summed E-state index contributed by atoms with van der Waals surface area (Å²) in [6, 6.07) is 14.0. The third-order valence-corrected chi connectivity index (χ3v) is 4.57. The van der Waals surface area contributed by atoms with Gasteiger partial charge in [0, 0.05) is 38.7 Å². The zero-order valence-electron chi connectivity index (χ0n) is 14.0. The molecule has 0 aliphatic carbocycles. The molecule has 3 heterocycles. The van der Waals surface area contributed by atoms with Crippen molar-refractivity contribution < 1.29 is 4.79 Å². The van der Waals surface area contributed by atoms with Crippen LogP contribution in [-0.2, 0) is 6.54 Å². The number of nitrogens with zero attached hydrogens (tertiary/aromatic N) is 4. The van der Waals surface area contributed by atoms with Crippen LogP contribution in [0.15, 0.2) is 61.1 Å². The predicted octanol–water partition coefficient (Wildman–Crippen LogP) is 2.25. The molecule has 1 aliphatic rings. The van der Waals surface area contributed by atoms with E-state index in [4.69, 9.17) is 0 Å². The number of benzene rings is 1. The van der Waals surface area contributed by atoms with Gasteiger partial charge in [0.05, 0.1) is 11.6 Å². The first-order chi connectivity index (χ1) is 12.3. The molecule has 0 unspecified atom stereocenters. The summed E-state index contributed by atoms with van der Waals surface area (Å²) in [7, 11) is 1.64. The van der Waals surface area contributed by atoms with Gasteiger partial charge in [-0.15, -0.1) is 0 Å². The highest BCUT2D eigenvalue weighted by molar-refractivity contribution is 5.98. The summed E-state index contributed by atoms with van der Waals surface area (Å²) in [6.45, 7) is 1.43. The number of hydrogen-bond donors (Lipinski definition) is 1. The van der Waals surface area contributed by atoms with E-state index in [9.17, 15) is 4.79 Å². The maximum atomic E-state index is 12.2. The molecule has 2 aromatic heterocycles. The van der Waals surface area contributed by atoms with Crippen molar-refractivity contribution in [1.29, 1.82) is 0 Å². The highest BCUT2D eigenvalue weighted by Crippen LogP contribution is 2.32. The summed E-state index contributed by atoms with van der Waals surface area (Å²) in [6.07, 6.45) is 5.49. The van der Waals surface area contributed by atoms with Gasteiger partial charge in [-0.25, -0.2) is 4.98 Å². The van der Waals surface area contributed by atoms with Gasteiger partial charge in [-0.3, -0.25) is 9.48 Å². The van der Waals surface area contributed by atoms with Crippen LogP contribution in [-0.4, -0.2) is 34.3 Å². The Kier molecular flexibility index (Phi) is 3.93. The Morgan fingerprint density at radius 1 is 1.16 bits per heavy atom. The lowest BCUT2D eigenvalue weighted by molar-refractivity contribution is 0.0963. The lowest BCUT2D eigenvalue weighted by Crippen LogP contribution is -2.38. The van der Waals surface area contributed by atoms with Crippen molar-refractivity contribution >= 4 is 11.7 Å². The van der Waals surface area contributed by atoms with Crippen molar-refractivity contribution in [2.75, 3.05) is 18.5 Å². The third kappa shape index (κ3) is 2.76. The largest absolute Gasteiger partial charge is 0.355 e. The summed E-state index contributed by atoms with van der Waals surface area (Å²) < 4.78 is 1.97. The van der Waals surface area contributed by atoms with Gasteiger partial charge in [-0.05, 0) is 29.3 Å². The SMILES string of the molecule is CNC(=O)c1cccnc1N1Cc2ccccc2[C@H](n2cccn2)C1. The number of anilines is 1. The highest BCUT2D eigenvalue weighted by atomic mass is 16.1.